The van der Waals surface area contributed by atoms with Crippen LogP contribution in [0, 0.1) is 10.1 Å². The van der Waals surface area contributed by atoms with E-state index in [1.54, 1.807) is 29.6 Å². The maximum atomic E-state index is 12.4. The van der Waals surface area contributed by atoms with E-state index in [-0.39, 0.29) is 5.69 Å². The average Bonchev–Trinajstić information content (AvgIpc) is 3.32. The number of thiazole rings is 1. The Morgan fingerprint density at radius 3 is 2.79 bits per heavy atom. The van der Waals surface area contributed by atoms with Crippen LogP contribution >= 0.6 is 11.3 Å². The number of anilines is 1. The largest absolute Gasteiger partial charge is 0.493 e. The molecule has 4 rings (SSSR count). The van der Waals surface area contributed by atoms with Crippen LogP contribution in [0.1, 0.15) is 22.1 Å². The first-order chi connectivity index (χ1) is 14.0. The minimum atomic E-state index is -0.735. The Morgan fingerprint density at radius 1 is 1.24 bits per heavy atom. The number of rotatable bonds is 6. The maximum Gasteiger partial charge on any atom is 0.344 e. The molecule has 9 nitrogen and oxygen atoms in total. The van der Waals surface area contributed by atoms with Crippen molar-refractivity contribution in [2.24, 2.45) is 0 Å². The molecule has 0 spiro atoms. The van der Waals surface area contributed by atoms with E-state index >= 15 is 0 Å². The van der Waals surface area contributed by atoms with Crippen LogP contribution in [-0.2, 0) is 4.74 Å². The number of hydrogen-bond acceptors (Lipinski definition) is 9. The normalized spacial score (nSPS) is 14.8. The van der Waals surface area contributed by atoms with Gasteiger partial charge in [0.25, 0.3) is 5.69 Å². The lowest BCUT2D eigenvalue weighted by Crippen LogP contribution is -2.10. The van der Waals surface area contributed by atoms with Crippen molar-refractivity contribution in [3.05, 3.63) is 63.0 Å². The molecule has 2 aromatic carbocycles. The molecule has 0 unspecified atom stereocenters. The zero-order chi connectivity index (χ0) is 20.5. The second kappa shape index (κ2) is 7.40. The SMILES string of the molecule is COc1ccc2c(c1OC)C(=O)O[C@H]2Nc1nc(-c2cccc([N+](=O)[O-])c2)cs1. The van der Waals surface area contributed by atoms with Gasteiger partial charge in [-0.2, -0.15) is 0 Å². The number of cyclic esters (lactones) is 1. The van der Waals surface area contributed by atoms with E-state index in [4.69, 9.17) is 14.2 Å². The Labute approximate surface area is 169 Å². The molecule has 0 radical (unpaired) electrons. The number of nitro benzene ring substituents is 1. The molecular weight excluding hydrogens is 398 g/mol. The van der Waals surface area contributed by atoms with E-state index in [9.17, 15) is 14.9 Å². The predicted octanol–water partition coefficient (Wildman–Crippen LogP) is 4.02. The van der Waals surface area contributed by atoms with Gasteiger partial charge < -0.3 is 19.5 Å². The van der Waals surface area contributed by atoms with Gasteiger partial charge in [0, 0.05) is 28.6 Å². The molecule has 1 aliphatic heterocycles. The molecule has 2 heterocycles. The highest BCUT2D eigenvalue weighted by molar-refractivity contribution is 7.14. The van der Waals surface area contributed by atoms with Gasteiger partial charge in [0.05, 0.1) is 24.8 Å². The Balaban J connectivity index is 1.61. The summed E-state index contributed by atoms with van der Waals surface area (Å²) in [5, 5.41) is 16.3. The molecule has 148 valence electrons. The molecule has 10 heteroatoms. The topological polar surface area (TPSA) is 113 Å². The van der Waals surface area contributed by atoms with Crippen LogP contribution in [0.3, 0.4) is 0 Å². The van der Waals surface area contributed by atoms with Crippen molar-refractivity contribution in [2.45, 2.75) is 6.23 Å². The number of non-ortho nitro benzene ring substituents is 1. The number of aromatic nitrogens is 1. The molecule has 1 aliphatic rings. The van der Waals surface area contributed by atoms with E-state index in [1.165, 1.54) is 37.7 Å². The fourth-order valence-electron chi connectivity index (χ4n) is 3.07. The maximum absolute atomic E-state index is 12.4. The summed E-state index contributed by atoms with van der Waals surface area (Å²) in [5.41, 5.74) is 2.11. The van der Waals surface area contributed by atoms with Crippen LogP contribution in [0.15, 0.2) is 41.8 Å². The van der Waals surface area contributed by atoms with Crippen molar-refractivity contribution >= 4 is 28.1 Å². The number of nitro groups is 1. The summed E-state index contributed by atoms with van der Waals surface area (Å²) in [5.74, 6) is 0.227. The molecule has 0 saturated heterocycles. The minimum absolute atomic E-state index is 0.00954. The zero-order valence-electron chi connectivity index (χ0n) is 15.4. The van der Waals surface area contributed by atoms with E-state index < -0.39 is 17.1 Å². The van der Waals surface area contributed by atoms with Crippen LogP contribution in [0.4, 0.5) is 10.8 Å². The Hall–Kier alpha value is -3.66. The van der Waals surface area contributed by atoms with Gasteiger partial charge in [0.1, 0.15) is 5.56 Å². The van der Waals surface area contributed by atoms with Gasteiger partial charge in [-0.25, -0.2) is 9.78 Å². The molecule has 0 amide bonds. The Morgan fingerprint density at radius 2 is 2.07 bits per heavy atom. The summed E-state index contributed by atoms with van der Waals surface area (Å²) in [6.45, 7) is 0. The summed E-state index contributed by atoms with van der Waals surface area (Å²) in [6.07, 6.45) is -0.735. The summed E-state index contributed by atoms with van der Waals surface area (Å²) in [7, 11) is 2.95. The smallest absolute Gasteiger partial charge is 0.344 e. The first kappa shape index (κ1) is 18.7. The third-order valence-corrected chi connectivity index (χ3v) is 5.17. The molecule has 29 heavy (non-hydrogen) atoms. The Kier molecular flexibility index (Phi) is 4.77. The molecule has 0 bridgehead atoms. The standard InChI is InChI=1S/C19H15N3O6S/c1-26-14-7-6-12-15(16(14)27-2)18(23)28-17(12)21-19-20-13(9-29-19)10-4-3-5-11(8-10)22(24)25/h3-9,17H,1-2H3,(H,20,21)/t17-/m1/s1. The highest BCUT2D eigenvalue weighted by Crippen LogP contribution is 2.42. The number of methoxy groups -OCH3 is 2. The third-order valence-electron chi connectivity index (χ3n) is 4.40. The molecule has 1 N–H and O–H groups in total. The van der Waals surface area contributed by atoms with Crippen LogP contribution in [0.5, 0.6) is 11.5 Å². The third kappa shape index (κ3) is 3.34. The van der Waals surface area contributed by atoms with Gasteiger partial charge in [-0.3, -0.25) is 10.1 Å². The number of esters is 1. The number of carbonyl (C=O) groups is 1. The lowest BCUT2D eigenvalue weighted by Gasteiger charge is -2.13. The number of carbonyl (C=O) groups excluding carboxylic acids is 1. The molecular formula is C19H15N3O6S. The second-order valence-electron chi connectivity index (χ2n) is 6.04. The van der Waals surface area contributed by atoms with Gasteiger partial charge >= 0.3 is 5.97 Å². The monoisotopic (exact) mass is 413 g/mol. The van der Waals surface area contributed by atoms with Crippen molar-refractivity contribution in [3.63, 3.8) is 0 Å². The molecule has 3 aromatic rings. The number of nitrogens with one attached hydrogen (secondary N) is 1. The Bertz CT molecular complexity index is 1110. The van der Waals surface area contributed by atoms with Gasteiger partial charge in [-0.05, 0) is 12.1 Å². The van der Waals surface area contributed by atoms with Crippen molar-refractivity contribution < 1.29 is 23.9 Å². The van der Waals surface area contributed by atoms with E-state index in [0.717, 1.165) is 0 Å². The lowest BCUT2D eigenvalue weighted by molar-refractivity contribution is -0.384. The summed E-state index contributed by atoms with van der Waals surface area (Å²) < 4.78 is 16.0. The number of hydrogen-bond donors (Lipinski definition) is 1. The second-order valence-corrected chi connectivity index (χ2v) is 6.90. The highest BCUT2D eigenvalue weighted by Gasteiger charge is 2.36. The number of fused-ring (bicyclic) bond motifs is 1. The predicted molar refractivity (Wildman–Crippen MR) is 106 cm³/mol. The lowest BCUT2D eigenvalue weighted by atomic mass is 10.1. The van der Waals surface area contributed by atoms with Crippen molar-refractivity contribution in [1.82, 2.24) is 4.98 Å². The van der Waals surface area contributed by atoms with Crippen LogP contribution in [0.25, 0.3) is 11.3 Å². The van der Waals surface area contributed by atoms with Crippen molar-refractivity contribution in [1.29, 1.82) is 0 Å². The average molecular weight is 413 g/mol. The summed E-state index contributed by atoms with van der Waals surface area (Å²) in [6, 6.07) is 9.66. The molecule has 1 aromatic heterocycles. The van der Waals surface area contributed by atoms with Crippen LogP contribution in [-0.4, -0.2) is 30.1 Å². The van der Waals surface area contributed by atoms with Crippen LogP contribution < -0.4 is 14.8 Å². The quantitative estimate of drug-likeness (QED) is 0.366. The zero-order valence-corrected chi connectivity index (χ0v) is 16.2. The first-order valence-electron chi connectivity index (χ1n) is 8.44. The number of nitrogens with zero attached hydrogens (tertiary/aromatic N) is 2. The van der Waals surface area contributed by atoms with E-state index in [0.29, 0.717) is 39.0 Å². The van der Waals surface area contributed by atoms with Gasteiger partial charge in [-0.1, -0.05) is 12.1 Å². The highest BCUT2D eigenvalue weighted by atomic mass is 32.1. The summed E-state index contributed by atoms with van der Waals surface area (Å²) in [4.78, 5) is 27.3. The molecule has 0 fully saturated rings. The first-order valence-corrected chi connectivity index (χ1v) is 9.32. The fourth-order valence-corrected chi connectivity index (χ4v) is 3.81. The van der Waals surface area contributed by atoms with Crippen LogP contribution in [0.2, 0.25) is 0 Å². The van der Waals surface area contributed by atoms with E-state index in [1.807, 2.05) is 0 Å². The van der Waals surface area contributed by atoms with Gasteiger partial charge in [0.15, 0.2) is 16.6 Å². The van der Waals surface area contributed by atoms with Crippen molar-refractivity contribution in [2.75, 3.05) is 19.5 Å². The minimum Gasteiger partial charge on any atom is -0.493 e. The van der Waals surface area contributed by atoms with Gasteiger partial charge in [-0.15, -0.1) is 11.3 Å². The van der Waals surface area contributed by atoms with Gasteiger partial charge in [0.2, 0.25) is 6.23 Å². The molecule has 0 saturated carbocycles. The number of ether oxygens (including phenoxy) is 3. The number of benzene rings is 2. The van der Waals surface area contributed by atoms with Crippen molar-refractivity contribution in [3.8, 4) is 22.8 Å². The fraction of sp³-hybridized carbons (Fsp3) is 0.158. The van der Waals surface area contributed by atoms with E-state index in [2.05, 4.69) is 10.3 Å². The summed E-state index contributed by atoms with van der Waals surface area (Å²) >= 11 is 1.30. The molecule has 0 aliphatic carbocycles. The molecule has 1 atom stereocenters.